The first-order valence-corrected chi connectivity index (χ1v) is 7.56. The molecule has 0 bridgehead atoms. The minimum absolute atomic E-state index is 0.230. The number of hydrogen-bond donors (Lipinski definition) is 1. The van der Waals surface area contributed by atoms with Crippen LogP contribution >= 0.6 is 0 Å². The molecule has 0 saturated carbocycles. The summed E-state index contributed by atoms with van der Waals surface area (Å²) in [5.74, 6) is 0.678. The van der Waals surface area contributed by atoms with Gasteiger partial charge in [0.05, 0.1) is 5.69 Å². The number of ether oxygens (including phenoxy) is 1. The number of fused-ring (bicyclic) bond motifs is 1. The van der Waals surface area contributed by atoms with Gasteiger partial charge in [-0.1, -0.05) is 18.2 Å². The van der Waals surface area contributed by atoms with Gasteiger partial charge < -0.3 is 10.1 Å². The molecule has 110 valence electrons. The van der Waals surface area contributed by atoms with Gasteiger partial charge in [0.15, 0.2) is 0 Å². The zero-order chi connectivity index (χ0) is 14.5. The van der Waals surface area contributed by atoms with Crippen LogP contribution in [0.1, 0.15) is 24.0 Å². The standard InChI is InChI=1S/C18H20FNO/c19-17-7-3-4-8-18(17)20-11-12-21-16-10-9-14-5-1-2-6-15(14)13-16/h3-4,7-10,13,20H,1-2,5-6,11-12H2. The van der Waals surface area contributed by atoms with Crippen molar-refractivity contribution in [2.75, 3.05) is 18.5 Å². The highest BCUT2D eigenvalue weighted by atomic mass is 19.1. The molecule has 2 aromatic rings. The molecule has 0 aliphatic heterocycles. The topological polar surface area (TPSA) is 21.3 Å². The first kappa shape index (κ1) is 13.9. The van der Waals surface area contributed by atoms with E-state index in [0.29, 0.717) is 18.8 Å². The summed E-state index contributed by atoms with van der Waals surface area (Å²) in [6, 6.07) is 13.0. The highest BCUT2D eigenvalue weighted by Gasteiger charge is 2.09. The van der Waals surface area contributed by atoms with Crippen molar-refractivity contribution in [3.63, 3.8) is 0 Å². The molecule has 2 nitrogen and oxygen atoms in total. The molecule has 1 N–H and O–H groups in total. The third kappa shape index (κ3) is 3.54. The van der Waals surface area contributed by atoms with E-state index in [9.17, 15) is 4.39 Å². The van der Waals surface area contributed by atoms with E-state index in [4.69, 9.17) is 4.74 Å². The van der Waals surface area contributed by atoms with E-state index >= 15 is 0 Å². The molecule has 1 aliphatic rings. The predicted octanol–water partition coefficient (Wildman–Crippen LogP) is 4.20. The van der Waals surface area contributed by atoms with Gasteiger partial charge in [-0.3, -0.25) is 0 Å². The van der Waals surface area contributed by atoms with Crippen molar-refractivity contribution in [3.05, 3.63) is 59.4 Å². The van der Waals surface area contributed by atoms with Crippen molar-refractivity contribution >= 4 is 5.69 Å². The first-order chi connectivity index (χ1) is 10.3. The van der Waals surface area contributed by atoms with E-state index in [2.05, 4.69) is 17.4 Å². The summed E-state index contributed by atoms with van der Waals surface area (Å²) in [4.78, 5) is 0. The number of rotatable bonds is 5. The smallest absolute Gasteiger partial charge is 0.146 e. The summed E-state index contributed by atoms with van der Waals surface area (Å²) in [6.07, 6.45) is 4.90. The second-order valence-corrected chi connectivity index (χ2v) is 5.39. The molecule has 0 radical (unpaired) electrons. The van der Waals surface area contributed by atoms with E-state index in [-0.39, 0.29) is 5.82 Å². The Kier molecular flexibility index (Phi) is 4.39. The first-order valence-electron chi connectivity index (χ1n) is 7.56. The van der Waals surface area contributed by atoms with Crippen LogP contribution in [0.4, 0.5) is 10.1 Å². The van der Waals surface area contributed by atoms with Crippen LogP contribution in [0.25, 0.3) is 0 Å². The average Bonchev–Trinajstić information content (AvgIpc) is 2.53. The van der Waals surface area contributed by atoms with Gasteiger partial charge in [-0.25, -0.2) is 4.39 Å². The summed E-state index contributed by atoms with van der Waals surface area (Å²) in [6.45, 7) is 1.10. The number of nitrogens with one attached hydrogen (secondary N) is 1. The molecular weight excluding hydrogens is 265 g/mol. The maximum Gasteiger partial charge on any atom is 0.146 e. The lowest BCUT2D eigenvalue weighted by Gasteiger charge is -2.17. The highest BCUT2D eigenvalue weighted by Crippen LogP contribution is 2.25. The third-order valence-electron chi connectivity index (χ3n) is 3.88. The van der Waals surface area contributed by atoms with Crippen LogP contribution in [0.2, 0.25) is 0 Å². The van der Waals surface area contributed by atoms with E-state index in [1.807, 2.05) is 12.1 Å². The Bertz CT molecular complexity index is 612. The molecule has 21 heavy (non-hydrogen) atoms. The fourth-order valence-electron chi connectivity index (χ4n) is 2.76. The van der Waals surface area contributed by atoms with E-state index in [1.54, 1.807) is 12.1 Å². The molecule has 3 heteroatoms. The van der Waals surface area contributed by atoms with Crippen molar-refractivity contribution in [3.8, 4) is 5.75 Å². The molecule has 3 rings (SSSR count). The summed E-state index contributed by atoms with van der Waals surface area (Å²) in [7, 11) is 0. The lowest BCUT2D eigenvalue weighted by molar-refractivity contribution is 0.332. The Morgan fingerprint density at radius 2 is 1.81 bits per heavy atom. The number of para-hydroxylation sites is 1. The van der Waals surface area contributed by atoms with Gasteiger partial charge in [-0.15, -0.1) is 0 Å². The Morgan fingerprint density at radius 1 is 1.00 bits per heavy atom. The van der Waals surface area contributed by atoms with Crippen LogP contribution in [0.5, 0.6) is 5.75 Å². The van der Waals surface area contributed by atoms with Crippen LogP contribution in [0, 0.1) is 5.82 Å². The van der Waals surface area contributed by atoms with Crippen LogP contribution < -0.4 is 10.1 Å². The number of anilines is 1. The third-order valence-corrected chi connectivity index (χ3v) is 3.88. The molecular formula is C18H20FNO. The maximum atomic E-state index is 13.4. The van der Waals surface area contributed by atoms with Gasteiger partial charge in [0.2, 0.25) is 0 Å². The Hall–Kier alpha value is -2.03. The number of benzene rings is 2. The van der Waals surface area contributed by atoms with E-state index in [1.165, 1.54) is 36.5 Å². The lowest BCUT2D eigenvalue weighted by Crippen LogP contribution is -2.12. The zero-order valence-corrected chi connectivity index (χ0v) is 12.1. The summed E-state index contributed by atoms with van der Waals surface area (Å²) in [5.41, 5.74) is 3.39. The van der Waals surface area contributed by atoms with Crippen LogP contribution in [-0.4, -0.2) is 13.2 Å². The van der Waals surface area contributed by atoms with Gasteiger partial charge in [-0.2, -0.15) is 0 Å². The Balaban J connectivity index is 1.50. The number of halogens is 1. The SMILES string of the molecule is Fc1ccccc1NCCOc1ccc2c(c1)CCCC2. The van der Waals surface area contributed by atoms with Gasteiger partial charge in [-0.05, 0) is 61.1 Å². The second kappa shape index (κ2) is 6.61. The highest BCUT2D eigenvalue weighted by molar-refractivity contribution is 5.44. The molecule has 0 atom stereocenters. The summed E-state index contributed by atoms with van der Waals surface area (Å²) in [5, 5.41) is 3.05. The van der Waals surface area contributed by atoms with Crippen molar-refractivity contribution in [1.29, 1.82) is 0 Å². The van der Waals surface area contributed by atoms with Gasteiger partial charge >= 0.3 is 0 Å². The minimum atomic E-state index is -0.230. The molecule has 1 aliphatic carbocycles. The van der Waals surface area contributed by atoms with Gasteiger partial charge in [0, 0.05) is 6.54 Å². The van der Waals surface area contributed by atoms with Crippen LogP contribution in [0.3, 0.4) is 0 Å². The van der Waals surface area contributed by atoms with Crippen molar-refractivity contribution < 1.29 is 9.13 Å². The monoisotopic (exact) mass is 285 g/mol. The largest absolute Gasteiger partial charge is 0.492 e. The maximum absolute atomic E-state index is 13.4. The zero-order valence-electron chi connectivity index (χ0n) is 12.1. The van der Waals surface area contributed by atoms with Gasteiger partial charge in [0.25, 0.3) is 0 Å². The van der Waals surface area contributed by atoms with E-state index < -0.39 is 0 Å². The molecule has 0 amide bonds. The van der Waals surface area contributed by atoms with E-state index in [0.717, 1.165) is 12.2 Å². The average molecular weight is 285 g/mol. The fourth-order valence-corrected chi connectivity index (χ4v) is 2.76. The van der Waals surface area contributed by atoms with Crippen molar-refractivity contribution in [2.24, 2.45) is 0 Å². The lowest BCUT2D eigenvalue weighted by atomic mass is 9.92. The Labute approximate surface area is 125 Å². The fraction of sp³-hybridized carbons (Fsp3) is 0.333. The van der Waals surface area contributed by atoms with Crippen LogP contribution in [0.15, 0.2) is 42.5 Å². The number of hydrogen-bond acceptors (Lipinski definition) is 2. The normalized spacial score (nSPS) is 13.6. The van der Waals surface area contributed by atoms with Crippen LogP contribution in [-0.2, 0) is 12.8 Å². The molecule has 0 heterocycles. The molecule has 0 spiro atoms. The predicted molar refractivity (Wildman–Crippen MR) is 83.5 cm³/mol. The van der Waals surface area contributed by atoms with Gasteiger partial charge in [0.1, 0.15) is 18.2 Å². The molecule has 0 aromatic heterocycles. The summed E-state index contributed by atoms with van der Waals surface area (Å²) >= 11 is 0. The molecule has 2 aromatic carbocycles. The molecule has 0 saturated heterocycles. The minimum Gasteiger partial charge on any atom is -0.492 e. The Morgan fingerprint density at radius 3 is 2.67 bits per heavy atom. The summed E-state index contributed by atoms with van der Waals surface area (Å²) < 4.78 is 19.2. The quantitative estimate of drug-likeness (QED) is 0.831. The number of aryl methyl sites for hydroxylation is 2. The van der Waals surface area contributed by atoms with Crippen molar-refractivity contribution in [2.45, 2.75) is 25.7 Å². The molecule has 0 unspecified atom stereocenters. The second-order valence-electron chi connectivity index (χ2n) is 5.39. The van der Waals surface area contributed by atoms with Crippen molar-refractivity contribution in [1.82, 2.24) is 0 Å². The molecule has 0 fully saturated rings.